The third-order valence-electron chi connectivity index (χ3n) is 2.85. The van der Waals surface area contributed by atoms with Gasteiger partial charge in [-0.15, -0.1) is 0 Å². The Labute approximate surface area is 117 Å². The molecule has 0 aliphatic rings. The zero-order chi connectivity index (χ0) is 13.4. The third-order valence-corrected chi connectivity index (χ3v) is 3.34. The summed E-state index contributed by atoms with van der Waals surface area (Å²) in [7, 11) is 2.08. The molecule has 4 heteroatoms. The molecule has 0 saturated carbocycles. The van der Waals surface area contributed by atoms with Gasteiger partial charge >= 0.3 is 5.97 Å². The summed E-state index contributed by atoms with van der Waals surface area (Å²) in [5.41, 5.74) is 1.32. The quantitative estimate of drug-likeness (QED) is 0.749. The van der Waals surface area contributed by atoms with Gasteiger partial charge in [-0.25, -0.2) is 0 Å². The highest BCUT2D eigenvalue weighted by molar-refractivity contribution is 9.10. The largest absolute Gasteiger partial charge is 0.481 e. The van der Waals surface area contributed by atoms with Crippen molar-refractivity contribution in [1.29, 1.82) is 0 Å². The van der Waals surface area contributed by atoms with Gasteiger partial charge in [0.05, 0.1) is 0 Å². The summed E-state index contributed by atoms with van der Waals surface area (Å²) in [6.45, 7) is 1.96. The van der Waals surface area contributed by atoms with Crippen LogP contribution in [0.5, 0.6) is 0 Å². The van der Waals surface area contributed by atoms with E-state index in [1.165, 1.54) is 5.56 Å². The molecule has 0 saturated heterocycles. The standard InChI is InChI=1S/C14H20BrNO2/c1-16(9-3-2-7-14(17)18)10-8-12-5-4-6-13(15)11-12/h4-6,11H,2-3,7-10H2,1H3,(H,17,18). The number of carbonyl (C=O) groups is 1. The first kappa shape index (κ1) is 15.2. The summed E-state index contributed by atoms with van der Waals surface area (Å²) in [6, 6.07) is 8.34. The Morgan fingerprint density at radius 1 is 1.33 bits per heavy atom. The Hall–Kier alpha value is -0.870. The van der Waals surface area contributed by atoms with Crippen molar-refractivity contribution >= 4 is 21.9 Å². The number of likely N-dealkylation sites (N-methyl/N-ethyl adjacent to an activating group) is 1. The minimum Gasteiger partial charge on any atom is -0.481 e. The van der Waals surface area contributed by atoms with Crippen molar-refractivity contribution in [1.82, 2.24) is 4.90 Å². The summed E-state index contributed by atoms with van der Waals surface area (Å²) in [5.74, 6) is -0.702. The fraction of sp³-hybridized carbons (Fsp3) is 0.500. The lowest BCUT2D eigenvalue weighted by molar-refractivity contribution is -0.137. The lowest BCUT2D eigenvalue weighted by atomic mass is 10.1. The Morgan fingerprint density at radius 2 is 2.11 bits per heavy atom. The SMILES string of the molecule is CN(CCCCC(=O)O)CCc1cccc(Br)c1. The van der Waals surface area contributed by atoms with E-state index in [1.54, 1.807) is 0 Å². The topological polar surface area (TPSA) is 40.5 Å². The molecule has 0 spiro atoms. The predicted molar refractivity (Wildman–Crippen MR) is 76.8 cm³/mol. The summed E-state index contributed by atoms with van der Waals surface area (Å²) in [4.78, 5) is 12.6. The Bertz CT molecular complexity index is 382. The van der Waals surface area contributed by atoms with Crippen molar-refractivity contribution in [2.75, 3.05) is 20.1 Å². The smallest absolute Gasteiger partial charge is 0.303 e. The molecule has 1 aromatic rings. The normalized spacial score (nSPS) is 10.8. The van der Waals surface area contributed by atoms with E-state index in [1.807, 2.05) is 12.1 Å². The van der Waals surface area contributed by atoms with Gasteiger partial charge in [-0.3, -0.25) is 4.79 Å². The van der Waals surface area contributed by atoms with Gasteiger partial charge in [0.1, 0.15) is 0 Å². The van der Waals surface area contributed by atoms with Gasteiger partial charge in [0.15, 0.2) is 0 Å². The van der Waals surface area contributed by atoms with E-state index >= 15 is 0 Å². The van der Waals surface area contributed by atoms with Gasteiger partial charge in [-0.1, -0.05) is 28.1 Å². The fourth-order valence-electron chi connectivity index (χ4n) is 1.78. The molecule has 0 radical (unpaired) electrons. The van der Waals surface area contributed by atoms with E-state index in [-0.39, 0.29) is 6.42 Å². The first-order chi connectivity index (χ1) is 8.58. The van der Waals surface area contributed by atoms with Crippen LogP contribution in [0.3, 0.4) is 0 Å². The van der Waals surface area contributed by atoms with E-state index in [9.17, 15) is 4.79 Å². The highest BCUT2D eigenvalue weighted by Crippen LogP contribution is 2.12. The van der Waals surface area contributed by atoms with Crippen LogP contribution in [0.1, 0.15) is 24.8 Å². The number of aliphatic carboxylic acids is 1. The van der Waals surface area contributed by atoms with Gasteiger partial charge in [0.25, 0.3) is 0 Å². The number of carboxylic acids is 1. The molecule has 100 valence electrons. The average molecular weight is 314 g/mol. The Kier molecular flexibility index (Phi) is 6.98. The first-order valence-electron chi connectivity index (χ1n) is 6.22. The van der Waals surface area contributed by atoms with Crippen LogP contribution < -0.4 is 0 Å². The van der Waals surface area contributed by atoms with Crippen LogP contribution in [-0.2, 0) is 11.2 Å². The highest BCUT2D eigenvalue weighted by Gasteiger charge is 2.01. The van der Waals surface area contributed by atoms with Crippen molar-refractivity contribution < 1.29 is 9.90 Å². The van der Waals surface area contributed by atoms with Crippen LogP contribution in [0.25, 0.3) is 0 Å². The monoisotopic (exact) mass is 313 g/mol. The van der Waals surface area contributed by atoms with Crippen molar-refractivity contribution in [3.05, 3.63) is 34.3 Å². The molecular formula is C14H20BrNO2. The predicted octanol–water partition coefficient (Wildman–Crippen LogP) is 3.18. The summed E-state index contributed by atoms with van der Waals surface area (Å²) >= 11 is 3.46. The molecule has 18 heavy (non-hydrogen) atoms. The van der Waals surface area contributed by atoms with Crippen LogP contribution in [0.2, 0.25) is 0 Å². The van der Waals surface area contributed by atoms with E-state index in [0.717, 1.165) is 36.8 Å². The third kappa shape index (κ3) is 6.77. The molecule has 0 aliphatic carbocycles. The van der Waals surface area contributed by atoms with E-state index in [0.29, 0.717) is 0 Å². The fourth-order valence-corrected chi connectivity index (χ4v) is 2.23. The van der Waals surface area contributed by atoms with Crippen LogP contribution >= 0.6 is 15.9 Å². The molecule has 0 heterocycles. The van der Waals surface area contributed by atoms with Crippen LogP contribution in [0, 0.1) is 0 Å². The summed E-state index contributed by atoms with van der Waals surface area (Å²) in [5, 5.41) is 8.54. The average Bonchev–Trinajstić information content (AvgIpc) is 2.32. The van der Waals surface area contributed by atoms with Gasteiger partial charge in [0, 0.05) is 17.4 Å². The molecule has 0 atom stereocenters. The summed E-state index contributed by atoms with van der Waals surface area (Å²) in [6.07, 6.45) is 3.01. The maximum Gasteiger partial charge on any atom is 0.303 e. The number of hydrogen-bond donors (Lipinski definition) is 1. The van der Waals surface area contributed by atoms with Crippen molar-refractivity contribution in [3.8, 4) is 0 Å². The zero-order valence-electron chi connectivity index (χ0n) is 10.7. The number of rotatable bonds is 8. The van der Waals surface area contributed by atoms with Crippen molar-refractivity contribution in [3.63, 3.8) is 0 Å². The Balaban J connectivity index is 2.17. The van der Waals surface area contributed by atoms with Gasteiger partial charge in [-0.05, 0) is 50.6 Å². The molecule has 1 N–H and O–H groups in total. The van der Waals surface area contributed by atoms with Crippen molar-refractivity contribution in [2.24, 2.45) is 0 Å². The van der Waals surface area contributed by atoms with Gasteiger partial charge in [-0.2, -0.15) is 0 Å². The van der Waals surface area contributed by atoms with Crippen LogP contribution in [-0.4, -0.2) is 36.1 Å². The minimum atomic E-state index is -0.702. The first-order valence-corrected chi connectivity index (χ1v) is 7.02. The van der Waals surface area contributed by atoms with E-state index in [4.69, 9.17) is 5.11 Å². The number of benzene rings is 1. The van der Waals surface area contributed by atoms with Crippen LogP contribution in [0.4, 0.5) is 0 Å². The molecule has 1 rings (SSSR count). The minimum absolute atomic E-state index is 0.277. The van der Waals surface area contributed by atoms with E-state index < -0.39 is 5.97 Å². The zero-order valence-corrected chi connectivity index (χ0v) is 12.3. The lowest BCUT2D eigenvalue weighted by Crippen LogP contribution is -2.22. The van der Waals surface area contributed by atoms with Crippen LogP contribution in [0.15, 0.2) is 28.7 Å². The van der Waals surface area contributed by atoms with Gasteiger partial charge < -0.3 is 10.0 Å². The molecule has 0 aliphatic heterocycles. The number of unbranched alkanes of at least 4 members (excludes halogenated alkanes) is 1. The van der Waals surface area contributed by atoms with Crippen molar-refractivity contribution in [2.45, 2.75) is 25.7 Å². The number of hydrogen-bond acceptors (Lipinski definition) is 2. The molecule has 0 fully saturated rings. The second-order valence-corrected chi connectivity index (χ2v) is 5.45. The lowest BCUT2D eigenvalue weighted by Gasteiger charge is -2.16. The summed E-state index contributed by atoms with van der Waals surface area (Å²) < 4.78 is 1.11. The maximum atomic E-state index is 10.4. The second-order valence-electron chi connectivity index (χ2n) is 4.53. The molecular weight excluding hydrogens is 294 g/mol. The number of nitrogens with zero attached hydrogens (tertiary/aromatic N) is 1. The second kappa shape index (κ2) is 8.27. The maximum absolute atomic E-state index is 10.4. The molecule has 3 nitrogen and oxygen atoms in total. The number of carboxylic acid groups (broad SMARTS) is 1. The Morgan fingerprint density at radius 3 is 2.78 bits per heavy atom. The van der Waals surface area contributed by atoms with Gasteiger partial charge in [0.2, 0.25) is 0 Å². The van der Waals surface area contributed by atoms with E-state index in [2.05, 4.69) is 40.0 Å². The number of halogens is 1. The molecule has 1 aromatic carbocycles. The molecule has 0 bridgehead atoms. The molecule has 0 aromatic heterocycles. The molecule has 0 amide bonds. The molecule has 0 unspecified atom stereocenters. The highest BCUT2D eigenvalue weighted by atomic mass is 79.9.